The summed E-state index contributed by atoms with van der Waals surface area (Å²) in [4.78, 5) is 0. The SMILES string of the molecule is COc1ccc(B(O)O)cc1CSC1CCCC1. The molecule has 0 aliphatic heterocycles. The molecule has 2 N–H and O–H groups in total. The van der Waals surface area contributed by atoms with Crippen molar-refractivity contribution in [3.05, 3.63) is 23.8 Å². The van der Waals surface area contributed by atoms with Crippen LogP contribution in [-0.4, -0.2) is 29.5 Å². The van der Waals surface area contributed by atoms with E-state index in [0.29, 0.717) is 5.46 Å². The lowest BCUT2D eigenvalue weighted by atomic mass is 9.79. The Hall–Kier alpha value is -0.645. The van der Waals surface area contributed by atoms with Crippen molar-refractivity contribution in [2.75, 3.05) is 7.11 Å². The molecule has 1 aliphatic rings. The van der Waals surface area contributed by atoms with Crippen LogP contribution in [0.3, 0.4) is 0 Å². The molecule has 3 nitrogen and oxygen atoms in total. The zero-order chi connectivity index (χ0) is 13.0. The van der Waals surface area contributed by atoms with Gasteiger partial charge in [0, 0.05) is 16.6 Å². The molecule has 98 valence electrons. The van der Waals surface area contributed by atoms with Crippen molar-refractivity contribution in [1.82, 2.24) is 0 Å². The van der Waals surface area contributed by atoms with Gasteiger partial charge in [-0.2, -0.15) is 11.8 Å². The van der Waals surface area contributed by atoms with Crippen molar-refractivity contribution in [2.45, 2.75) is 36.7 Å². The topological polar surface area (TPSA) is 49.7 Å². The van der Waals surface area contributed by atoms with Gasteiger partial charge in [0.25, 0.3) is 0 Å². The summed E-state index contributed by atoms with van der Waals surface area (Å²) in [5.74, 6) is 1.69. The van der Waals surface area contributed by atoms with Gasteiger partial charge in [0.05, 0.1) is 7.11 Å². The highest BCUT2D eigenvalue weighted by molar-refractivity contribution is 7.99. The Morgan fingerprint density at radius 1 is 1.33 bits per heavy atom. The fourth-order valence-corrected chi connectivity index (χ4v) is 3.64. The lowest BCUT2D eigenvalue weighted by Crippen LogP contribution is -2.30. The van der Waals surface area contributed by atoms with Crippen LogP contribution in [0.5, 0.6) is 5.75 Å². The smallest absolute Gasteiger partial charge is 0.488 e. The Morgan fingerprint density at radius 2 is 2.06 bits per heavy atom. The van der Waals surface area contributed by atoms with Crippen LogP contribution >= 0.6 is 11.8 Å². The second-order valence-electron chi connectivity index (χ2n) is 4.66. The Kier molecular flexibility index (Phi) is 4.98. The highest BCUT2D eigenvalue weighted by atomic mass is 32.2. The molecule has 5 heteroatoms. The van der Waals surface area contributed by atoms with E-state index < -0.39 is 7.12 Å². The van der Waals surface area contributed by atoms with E-state index in [0.717, 1.165) is 22.3 Å². The molecule has 1 aromatic carbocycles. The number of thioether (sulfide) groups is 1. The van der Waals surface area contributed by atoms with Gasteiger partial charge in [-0.05, 0) is 24.4 Å². The predicted octanol–water partition coefficient (Wildman–Crippen LogP) is 1.55. The minimum Gasteiger partial charge on any atom is -0.496 e. The molecule has 1 aliphatic carbocycles. The van der Waals surface area contributed by atoms with E-state index in [1.165, 1.54) is 25.7 Å². The van der Waals surface area contributed by atoms with Crippen LogP contribution in [0.4, 0.5) is 0 Å². The normalized spacial score (nSPS) is 15.9. The lowest BCUT2D eigenvalue weighted by Gasteiger charge is -2.13. The first-order valence-electron chi connectivity index (χ1n) is 6.35. The van der Waals surface area contributed by atoms with E-state index >= 15 is 0 Å². The van der Waals surface area contributed by atoms with Crippen LogP contribution in [-0.2, 0) is 5.75 Å². The molecule has 0 radical (unpaired) electrons. The van der Waals surface area contributed by atoms with E-state index in [1.807, 2.05) is 17.8 Å². The number of ether oxygens (including phenoxy) is 1. The minimum atomic E-state index is -1.41. The summed E-state index contributed by atoms with van der Waals surface area (Å²) in [6.45, 7) is 0. The zero-order valence-electron chi connectivity index (χ0n) is 10.6. The zero-order valence-corrected chi connectivity index (χ0v) is 11.4. The standard InChI is InChI=1S/C13H19BO3S/c1-17-13-7-6-11(14(15)16)8-10(13)9-18-12-4-2-3-5-12/h6-8,12,15-16H,2-5,9H2,1H3. The van der Waals surface area contributed by atoms with Gasteiger partial charge in [-0.15, -0.1) is 0 Å². The molecule has 1 aromatic rings. The average Bonchev–Trinajstić information content (AvgIpc) is 2.89. The van der Waals surface area contributed by atoms with Crippen LogP contribution in [0.15, 0.2) is 18.2 Å². The third-order valence-electron chi connectivity index (χ3n) is 3.38. The van der Waals surface area contributed by atoms with Gasteiger partial charge in [-0.25, -0.2) is 0 Å². The van der Waals surface area contributed by atoms with Crippen molar-refractivity contribution < 1.29 is 14.8 Å². The van der Waals surface area contributed by atoms with E-state index in [9.17, 15) is 10.0 Å². The molecule has 0 unspecified atom stereocenters. The van der Waals surface area contributed by atoms with Crippen LogP contribution < -0.4 is 10.2 Å². The van der Waals surface area contributed by atoms with E-state index in [2.05, 4.69) is 0 Å². The molecule has 0 bridgehead atoms. The van der Waals surface area contributed by atoms with E-state index in [1.54, 1.807) is 19.2 Å². The fourth-order valence-electron chi connectivity index (χ4n) is 2.33. The number of hydrogen-bond acceptors (Lipinski definition) is 4. The highest BCUT2D eigenvalue weighted by Crippen LogP contribution is 2.33. The molecular weight excluding hydrogens is 247 g/mol. The summed E-state index contributed by atoms with van der Waals surface area (Å²) < 4.78 is 5.32. The van der Waals surface area contributed by atoms with Crippen molar-refractivity contribution in [3.63, 3.8) is 0 Å². The molecule has 1 saturated carbocycles. The van der Waals surface area contributed by atoms with Crippen LogP contribution in [0.2, 0.25) is 0 Å². The van der Waals surface area contributed by atoms with Crippen molar-refractivity contribution in [2.24, 2.45) is 0 Å². The Labute approximate surface area is 113 Å². The van der Waals surface area contributed by atoms with Gasteiger partial charge in [-0.3, -0.25) is 0 Å². The third-order valence-corrected chi connectivity index (χ3v) is 4.80. The highest BCUT2D eigenvalue weighted by Gasteiger charge is 2.18. The van der Waals surface area contributed by atoms with Gasteiger partial charge < -0.3 is 14.8 Å². The van der Waals surface area contributed by atoms with Gasteiger partial charge in [0.1, 0.15) is 5.75 Å². The Bertz CT molecular complexity index is 392. The second-order valence-corrected chi connectivity index (χ2v) is 5.95. The van der Waals surface area contributed by atoms with Crippen molar-refractivity contribution in [1.29, 1.82) is 0 Å². The lowest BCUT2D eigenvalue weighted by molar-refractivity contribution is 0.410. The molecule has 0 saturated heterocycles. The van der Waals surface area contributed by atoms with Gasteiger partial charge in [-0.1, -0.05) is 25.0 Å². The summed E-state index contributed by atoms with van der Waals surface area (Å²) in [7, 11) is 0.236. The first kappa shape index (κ1) is 13.8. The molecule has 0 heterocycles. The third kappa shape index (κ3) is 3.43. The molecule has 0 atom stereocenters. The van der Waals surface area contributed by atoms with Gasteiger partial charge in [0.15, 0.2) is 0 Å². The minimum absolute atomic E-state index is 0.526. The maximum Gasteiger partial charge on any atom is 0.488 e. The summed E-state index contributed by atoms with van der Waals surface area (Å²) in [5, 5.41) is 19.1. The number of hydrogen-bond donors (Lipinski definition) is 2. The van der Waals surface area contributed by atoms with Crippen molar-refractivity contribution >= 4 is 24.3 Å². The molecule has 1 fully saturated rings. The molecular formula is C13H19BO3S. The average molecular weight is 266 g/mol. The van der Waals surface area contributed by atoms with Crippen LogP contribution in [0.25, 0.3) is 0 Å². The van der Waals surface area contributed by atoms with Crippen LogP contribution in [0, 0.1) is 0 Å². The molecule has 0 aromatic heterocycles. The first-order valence-corrected chi connectivity index (χ1v) is 7.40. The molecule has 18 heavy (non-hydrogen) atoms. The summed E-state index contributed by atoms with van der Waals surface area (Å²) in [6, 6.07) is 5.32. The largest absolute Gasteiger partial charge is 0.496 e. The second kappa shape index (κ2) is 6.50. The molecule has 0 spiro atoms. The van der Waals surface area contributed by atoms with Gasteiger partial charge in [0.2, 0.25) is 0 Å². The summed E-state index contributed by atoms with van der Waals surface area (Å²) >= 11 is 1.94. The molecule has 0 amide bonds. The monoisotopic (exact) mass is 266 g/mol. The van der Waals surface area contributed by atoms with E-state index in [-0.39, 0.29) is 0 Å². The molecule has 2 rings (SSSR count). The van der Waals surface area contributed by atoms with Gasteiger partial charge >= 0.3 is 7.12 Å². The fraction of sp³-hybridized carbons (Fsp3) is 0.538. The maximum atomic E-state index is 9.20. The number of methoxy groups -OCH3 is 1. The Balaban J connectivity index is 2.05. The summed E-state index contributed by atoms with van der Waals surface area (Å²) in [6.07, 6.45) is 5.28. The number of benzene rings is 1. The number of rotatable bonds is 5. The summed E-state index contributed by atoms with van der Waals surface area (Å²) in [5.41, 5.74) is 1.57. The first-order chi connectivity index (χ1) is 8.70. The van der Waals surface area contributed by atoms with Crippen molar-refractivity contribution in [3.8, 4) is 5.75 Å². The quantitative estimate of drug-likeness (QED) is 0.794. The predicted molar refractivity (Wildman–Crippen MR) is 76.4 cm³/mol. The Morgan fingerprint density at radius 3 is 2.67 bits per heavy atom. The van der Waals surface area contributed by atoms with Crippen LogP contribution in [0.1, 0.15) is 31.2 Å². The maximum absolute atomic E-state index is 9.20. The van der Waals surface area contributed by atoms with E-state index in [4.69, 9.17) is 4.74 Å².